The number of nitrogens with zero attached hydrogens (tertiary/aromatic N) is 1. The van der Waals surface area contributed by atoms with Crippen molar-refractivity contribution in [1.29, 1.82) is 0 Å². The predicted octanol–water partition coefficient (Wildman–Crippen LogP) is 2.78. The molecule has 1 amide bonds. The Labute approximate surface area is 158 Å². The summed E-state index contributed by atoms with van der Waals surface area (Å²) >= 11 is 11.0. The van der Waals surface area contributed by atoms with Crippen molar-refractivity contribution < 1.29 is 19.1 Å². The van der Waals surface area contributed by atoms with E-state index >= 15 is 0 Å². The molecule has 130 valence electrons. The van der Waals surface area contributed by atoms with Gasteiger partial charge in [0.25, 0.3) is 0 Å². The quantitative estimate of drug-likeness (QED) is 0.405. The standard InChI is InChI=1S/C16H17BrClNO4S/c1-16(8-18)12(19-13(20)11(17)14(19)24-16)15(21)23-7-9-3-5-10(22-2)6-4-9/h3-6,11-12,14H,7-8H2,1-2H3/t11-,12-,14+,16-/m0/s1. The molecule has 24 heavy (non-hydrogen) atoms. The molecule has 0 aromatic heterocycles. The van der Waals surface area contributed by atoms with Crippen molar-refractivity contribution >= 4 is 51.2 Å². The number of hydrogen-bond donors (Lipinski definition) is 0. The van der Waals surface area contributed by atoms with E-state index in [4.69, 9.17) is 21.1 Å². The molecular formula is C16H17BrClNO4S. The van der Waals surface area contributed by atoms with Gasteiger partial charge < -0.3 is 14.4 Å². The smallest absolute Gasteiger partial charge is 0.330 e. The van der Waals surface area contributed by atoms with Gasteiger partial charge in [-0.25, -0.2) is 4.79 Å². The lowest BCUT2D eigenvalue weighted by Gasteiger charge is -2.41. The van der Waals surface area contributed by atoms with Crippen LogP contribution in [0.5, 0.6) is 5.75 Å². The molecule has 0 N–H and O–H groups in total. The average molecular weight is 435 g/mol. The molecule has 0 aliphatic carbocycles. The van der Waals surface area contributed by atoms with Crippen LogP contribution >= 0.6 is 39.3 Å². The molecule has 0 saturated carbocycles. The van der Waals surface area contributed by atoms with Crippen molar-refractivity contribution in [3.63, 3.8) is 0 Å². The lowest BCUT2D eigenvalue weighted by molar-refractivity contribution is -0.161. The number of rotatable bonds is 5. The first-order chi connectivity index (χ1) is 11.4. The number of carbonyl (C=O) groups excluding carboxylic acids is 2. The number of amides is 1. The molecule has 1 aromatic rings. The minimum atomic E-state index is -0.662. The molecule has 8 heteroatoms. The van der Waals surface area contributed by atoms with E-state index in [0.717, 1.165) is 11.3 Å². The first-order valence-corrected chi connectivity index (χ1v) is 9.74. The molecule has 0 bridgehead atoms. The van der Waals surface area contributed by atoms with Crippen molar-refractivity contribution in [2.24, 2.45) is 0 Å². The third-order valence-corrected chi connectivity index (χ3v) is 7.89. The van der Waals surface area contributed by atoms with Gasteiger partial charge in [-0.3, -0.25) is 4.79 Å². The van der Waals surface area contributed by atoms with E-state index in [1.807, 2.05) is 31.2 Å². The Morgan fingerprint density at radius 1 is 1.42 bits per heavy atom. The summed E-state index contributed by atoms with van der Waals surface area (Å²) in [4.78, 5) is 26.1. The first-order valence-electron chi connectivity index (χ1n) is 7.41. The van der Waals surface area contributed by atoms with Crippen molar-refractivity contribution in [2.75, 3.05) is 13.0 Å². The fourth-order valence-corrected chi connectivity index (χ4v) is 5.57. The van der Waals surface area contributed by atoms with Gasteiger partial charge in [-0.05, 0) is 24.6 Å². The zero-order valence-corrected chi connectivity index (χ0v) is 16.4. The number of thioether (sulfide) groups is 1. The lowest BCUT2D eigenvalue weighted by Crippen LogP contribution is -2.64. The van der Waals surface area contributed by atoms with Crippen molar-refractivity contribution in [2.45, 2.75) is 34.5 Å². The van der Waals surface area contributed by atoms with Crippen LogP contribution < -0.4 is 4.74 Å². The van der Waals surface area contributed by atoms with Gasteiger partial charge in [0.05, 0.1) is 11.9 Å². The normalized spacial score (nSPS) is 31.4. The average Bonchev–Trinajstić information content (AvgIpc) is 2.90. The summed E-state index contributed by atoms with van der Waals surface area (Å²) in [7, 11) is 1.59. The summed E-state index contributed by atoms with van der Waals surface area (Å²) < 4.78 is 10.0. The second-order valence-corrected chi connectivity index (χ2v) is 8.87. The number of esters is 1. The van der Waals surface area contributed by atoms with E-state index in [-0.39, 0.29) is 28.6 Å². The number of β-lactam (4-membered cyclic amide) rings is 1. The zero-order valence-electron chi connectivity index (χ0n) is 13.2. The van der Waals surface area contributed by atoms with Crippen molar-refractivity contribution in [3.8, 4) is 5.75 Å². The number of fused-ring (bicyclic) bond motifs is 1. The molecule has 2 fully saturated rings. The molecule has 5 nitrogen and oxygen atoms in total. The van der Waals surface area contributed by atoms with Crippen LogP contribution in [-0.4, -0.2) is 50.8 Å². The van der Waals surface area contributed by atoms with E-state index in [1.165, 1.54) is 0 Å². The maximum Gasteiger partial charge on any atom is 0.330 e. The lowest BCUT2D eigenvalue weighted by atomic mass is 9.98. The Kier molecular flexibility index (Phi) is 5.04. The fourth-order valence-electron chi connectivity index (χ4n) is 2.90. The first kappa shape index (κ1) is 17.9. The Morgan fingerprint density at radius 3 is 2.67 bits per heavy atom. The van der Waals surface area contributed by atoms with Gasteiger partial charge in [0, 0.05) is 5.88 Å². The fraction of sp³-hybridized carbons (Fsp3) is 0.500. The summed E-state index contributed by atoms with van der Waals surface area (Å²) in [5.74, 6) is 0.494. The molecule has 4 atom stereocenters. The predicted molar refractivity (Wildman–Crippen MR) is 96.6 cm³/mol. The van der Waals surface area contributed by atoms with Crippen LogP contribution in [0, 0.1) is 0 Å². The Bertz CT molecular complexity index is 658. The highest BCUT2D eigenvalue weighted by atomic mass is 79.9. The topological polar surface area (TPSA) is 55.8 Å². The van der Waals surface area contributed by atoms with Gasteiger partial charge in [-0.1, -0.05) is 28.1 Å². The molecule has 0 spiro atoms. The molecular weight excluding hydrogens is 418 g/mol. The van der Waals surface area contributed by atoms with Crippen LogP contribution in [-0.2, 0) is 20.9 Å². The highest BCUT2D eigenvalue weighted by molar-refractivity contribution is 9.10. The number of hydrogen-bond acceptors (Lipinski definition) is 5. The van der Waals surface area contributed by atoms with Gasteiger partial charge in [0.1, 0.15) is 28.6 Å². The van der Waals surface area contributed by atoms with E-state index in [1.54, 1.807) is 23.8 Å². The molecule has 2 saturated heterocycles. The number of carbonyl (C=O) groups is 2. The summed E-state index contributed by atoms with van der Waals surface area (Å²) in [6.07, 6.45) is 0. The van der Waals surface area contributed by atoms with Crippen LogP contribution in [0.15, 0.2) is 24.3 Å². The molecule has 0 unspecified atom stereocenters. The minimum Gasteiger partial charge on any atom is -0.497 e. The third kappa shape index (κ3) is 2.91. The largest absolute Gasteiger partial charge is 0.497 e. The van der Waals surface area contributed by atoms with Gasteiger partial charge in [-0.15, -0.1) is 23.4 Å². The third-order valence-electron chi connectivity index (χ3n) is 4.29. The zero-order chi connectivity index (χ0) is 17.5. The van der Waals surface area contributed by atoms with E-state index < -0.39 is 16.8 Å². The summed E-state index contributed by atoms with van der Waals surface area (Å²) in [5, 5.41) is -0.0696. The van der Waals surface area contributed by atoms with Gasteiger partial charge in [-0.2, -0.15) is 0 Å². The molecule has 2 aliphatic heterocycles. The van der Waals surface area contributed by atoms with Crippen LogP contribution in [0.3, 0.4) is 0 Å². The van der Waals surface area contributed by atoms with Gasteiger partial charge in [0.15, 0.2) is 0 Å². The number of benzene rings is 1. The van der Waals surface area contributed by atoms with Gasteiger partial charge >= 0.3 is 5.97 Å². The van der Waals surface area contributed by atoms with Crippen molar-refractivity contribution in [1.82, 2.24) is 4.90 Å². The minimum absolute atomic E-state index is 0.0696. The monoisotopic (exact) mass is 433 g/mol. The second-order valence-electron chi connectivity index (χ2n) is 5.96. The molecule has 1 aromatic carbocycles. The van der Waals surface area contributed by atoms with Crippen LogP contribution in [0.2, 0.25) is 0 Å². The SMILES string of the molecule is COc1ccc(COC(=O)[C@@H]2N3C(=O)[C@H](Br)[C@H]3S[C@@]2(C)CCl)cc1. The van der Waals surface area contributed by atoms with Crippen LogP contribution in [0.4, 0.5) is 0 Å². The summed E-state index contributed by atoms with van der Waals surface area (Å²) in [5.41, 5.74) is 0.854. The van der Waals surface area contributed by atoms with E-state index in [9.17, 15) is 9.59 Å². The maximum atomic E-state index is 12.6. The Balaban J connectivity index is 1.69. The highest BCUT2D eigenvalue weighted by Gasteiger charge is 2.64. The second kappa shape index (κ2) is 6.77. The van der Waals surface area contributed by atoms with E-state index in [0.29, 0.717) is 0 Å². The molecule has 3 rings (SSSR count). The van der Waals surface area contributed by atoms with Crippen LogP contribution in [0.1, 0.15) is 12.5 Å². The maximum absolute atomic E-state index is 12.6. The number of ether oxygens (including phenoxy) is 2. The molecule has 2 heterocycles. The molecule has 2 aliphatic rings. The summed E-state index contributed by atoms with van der Waals surface area (Å²) in [6.45, 7) is 2.04. The summed E-state index contributed by atoms with van der Waals surface area (Å²) in [6, 6.07) is 6.62. The highest BCUT2D eigenvalue weighted by Crippen LogP contribution is 2.53. The van der Waals surface area contributed by atoms with E-state index in [2.05, 4.69) is 15.9 Å². The van der Waals surface area contributed by atoms with Crippen molar-refractivity contribution in [3.05, 3.63) is 29.8 Å². The van der Waals surface area contributed by atoms with Crippen LogP contribution in [0.25, 0.3) is 0 Å². The Hall–Kier alpha value is -0.920. The number of methoxy groups -OCH3 is 1. The van der Waals surface area contributed by atoms with Gasteiger partial charge in [0.2, 0.25) is 5.91 Å². The number of halogens is 2. The number of alkyl halides is 2. The Morgan fingerprint density at radius 2 is 2.08 bits per heavy atom. The molecule has 0 radical (unpaired) electrons.